The Morgan fingerprint density at radius 2 is 2.26 bits per heavy atom. The molecule has 1 heterocycles. The average molecular weight is 279 g/mol. The first-order valence-corrected chi connectivity index (χ1v) is 7.69. The number of anilines is 2. The largest absolute Gasteiger partial charge is 0.399 e. The molecule has 0 spiro atoms. The van der Waals surface area contributed by atoms with E-state index in [1.54, 1.807) is 6.07 Å². The fraction of sp³-hybridized carbons (Fsp3) is 0.500. The van der Waals surface area contributed by atoms with E-state index in [1.165, 1.54) is 12.2 Å². The highest BCUT2D eigenvalue weighted by molar-refractivity contribution is 7.99. The molecule has 1 atom stereocenters. The number of hydrogen-bond donors (Lipinski definition) is 2. The van der Waals surface area contributed by atoms with E-state index in [2.05, 4.69) is 5.32 Å². The fourth-order valence-corrected chi connectivity index (χ4v) is 3.32. The number of amides is 1. The van der Waals surface area contributed by atoms with Gasteiger partial charge in [-0.05, 0) is 36.8 Å². The number of thioether (sulfide) groups is 1. The van der Waals surface area contributed by atoms with Gasteiger partial charge in [0.2, 0.25) is 0 Å². The van der Waals surface area contributed by atoms with Gasteiger partial charge in [-0.1, -0.05) is 0 Å². The topological polar surface area (TPSA) is 58.4 Å². The third-order valence-electron chi connectivity index (χ3n) is 3.24. The Morgan fingerprint density at radius 1 is 1.47 bits per heavy atom. The number of nitrogens with one attached hydrogen (secondary N) is 1. The fourth-order valence-electron chi connectivity index (χ4n) is 2.24. The van der Waals surface area contributed by atoms with Crippen molar-refractivity contribution < 1.29 is 4.79 Å². The lowest BCUT2D eigenvalue weighted by molar-refractivity contribution is 0.0939. The highest BCUT2D eigenvalue weighted by Gasteiger charge is 2.19. The monoisotopic (exact) mass is 279 g/mol. The molecule has 1 aromatic rings. The molecule has 1 saturated heterocycles. The summed E-state index contributed by atoms with van der Waals surface area (Å²) in [6.45, 7) is 0. The van der Waals surface area contributed by atoms with Crippen molar-refractivity contribution in [1.82, 2.24) is 5.32 Å². The van der Waals surface area contributed by atoms with Crippen molar-refractivity contribution in [1.29, 1.82) is 0 Å². The van der Waals surface area contributed by atoms with Crippen molar-refractivity contribution in [3.8, 4) is 0 Å². The van der Waals surface area contributed by atoms with Crippen molar-refractivity contribution in [3.05, 3.63) is 23.8 Å². The van der Waals surface area contributed by atoms with E-state index in [0.29, 0.717) is 11.3 Å². The number of nitrogen functional groups attached to an aromatic ring is 1. The molecule has 2 rings (SSSR count). The molecule has 4 nitrogen and oxygen atoms in total. The van der Waals surface area contributed by atoms with Crippen LogP contribution in [0.2, 0.25) is 0 Å². The van der Waals surface area contributed by atoms with Crippen molar-refractivity contribution in [3.63, 3.8) is 0 Å². The van der Waals surface area contributed by atoms with Gasteiger partial charge in [-0.25, -0.2) is 0 Å². The Balaban J connectivity index is 2.15. The van der Waals surface area contributed by atoms with Gasteiger partial charge < -0.3 is 16.0 Å². The van der Waals surface area contributed by atoms with Crippen LogP contribution in [-0.4, -0.2) is 37.6 Å². The van der Waals surface area contributed by atoms with E-state index in [0.717, 1.165) is 17.9 Å². The van der Waals surface area contributed by atoms with Gasteiger partial charge >= 0.3 is 0 Å². The Labute approximate surface area is 118 Å². The molecule has 0 aromatic heterocycles. The zero-order valence-electron chi connectivity index (χ0n) is 11.5. The van der Waals surface area contributed by atoms with Crippen LogP contribution in [0.3, 0.4) is 0 Å². The van der Waals surface area contributed by atoms with Gasteiger partial charge in [0.05, 0.1) is 5.56 Å². The third-order valence-corrected chi connectivity index (χ3v) is 4.46. The van der Waals surface area contributed by atoms with E-state index < -0.39 is 0 Å². The van der Waals surface area contributed by atoms with Gasteiger partial charge in [0, 0.05) is 37.3 Å². The lowest BCUT2D eigenvalue weighted by Gasteiger charge is -2.24. The summed E-state index contributed by atoms with van der Waals surface area (Å²) in [6.07, 6.45) is 2.24. The normalized spacial score (nSPS) is 18.9. The molecular weight excluding hydrogens is 258 g/mol. The second-order valence-corrected chi connectivity index (χ2v) is 6.21. The van der Waals surface area contributed by atoms with Crippen LogP contribution < -0.4 is 16.0 Å². The Hall–Kier alpha value is -1.36. The summed E-state index contributed by atoms with van der Waals surface area (Å²) in [7, 11) is 3.86. The van der Waals surface area contributed by atoms with Gasteiger partial charge in [-0.3, -0.25) is 4.79 Å². The number of nitrogens with two attached hydrogens (primary N) is 1. The highest BCUT2D eigenvalue weighted by Crippen LogP contribution is 2.23. The van der Waals surface area contributed by atoms with E-state index >= 15 is 0 Å². The summed E-state index contributed by atoms with van der Waals surface area (Å²) < 4.78 is 0. The second kappa shape index (κ2) is 6.19. The summed E-state index contributed by atoms with van der Waals surface area (Å²) in [4.78, 5) is 14.3. The highest BCUT2D eigenvalue weighted by atomic mass is 32.2. The lowest BCUT2D eigenvalue weighted by atomic mass is 10.1. The van der Waals surface area contributed by atoms with Crippen molar-refractivity contribution in [2.75, 3.05) is 36.2 Å². The summed E-state index contributed by atoms with van der Waals surface area (Å²) in [6, 6.07) is 5.74. The number of benzene rings is 1. The van der Waals surface area contributed by atoms with Crippen molar-refractivity contribution >= 4 is 29.0 Å². The van der Waals surface area contributed by atoms with Crippen LogP contribution in [-0.2, 0) is 0 Å². The Morgan fingerprint density at radius 3 is 2.89 bits per heavy atom. The van der Waals surface area contributed by atoms with Gasteiger partial charge in [0.25, 0.3) is 5.91 Å². The van der Waals surface area contributed by atoms with Gasteiger partial charge in [-0.2, -0.15) is 11.8 Å². The summed E-state index contributed by atoms with van der Waals surface area (Å²) in [5, 5.41) is 3.12. The standard InChI is InChI=1S/C14H21N3OS/c1-17(2)13-6-5-10(15)8-12(13)14(18)16-11-4-3-7-19-9-11/h5-6,8,11H,3-4,7,9,15H2,1-2H3,(H,16,18). The lowest BCUT2D eigenvalue weighted by Crippen LogP contribution is -2.38. The molecule has 0 bridgehead atoms. The van der Waals surface area contributed by atoms with Crippen LogP contribution in [0.4, 0.5) is 11.4 Å². The number of rotatable bonds is 3. The Kier molecular flexibility index (Phi) is 4.58. The molecule has 104 valence electrons. The first-order chi connectivity index (χ1) is 9.08. The van der Waals surface area contributed by atoms with E-state index in [1.807, 2.05) is 42.9 Å². The first kappa shape index (κ1) is 14.1. The first-order valence-electron chi connectivity index (χ1n) is 6.53. The van der Waals surface area contributed by atoms with Gasteiger partial charge in [0.1, 0.15) is 0 Å². The Bertz CT molecular complexity index is 456. The molecule has 1 unspecified atom stereocenters. The molecule has 3 N–H and O–H groups in total. The molecule has 5 heteroatoms. The molecule has 1 aliphatic rings. The molecule has 1 aliphatic heterocycles. The molecule has 19 heavy (non-hydrogen) atoms. The molecule has 1 fully saturated rings. The van der Waals surface area contributed by atoms with Crippen LogP contribution in [0.25, 0.3) is 0 Å². The van der Waals surface area contributed by atoms with Crippen LogP contribution >= 0.6 is 11.8 Å². The average Bonchev–Trinajstić information content (AvgIpc) is 2.39. The molecule has 1 amide bonds. The summed E-state index contributed by atoms with van der Waals surface area (Å²) in [5.41, 5.74) is 7.97. The van der Waals surface area contributed by atoms with Crippen LogP contribution in [0.15, 0.2) is 18.2 Å². The van der Waals surface area contributed by atoms with Crippen LogP contribution in [0.5, 0.6) is 0 Å². The van der Waals surface area contributed by atoms with Gasteiger partial charge in [0.15, 0.2) is 0 Å². The third kappa shape index (κ3) is 3.56. The molecular formula is C14H21N3OS. The van der Waals surface area contributed by atoms with E-state index in [4.69, 9.17) is 5.73 Å². The van der Waals surface area contributed by atoms with Gasteiger partial charge in [-0.15, -0.1) is 0 Å². The predicted octanol–water partition coefficient (Wildman–Crippen LogP) is 1.96. The minimum absolute atomic E-state index is 0.0245. The molecule has 1 aromatic carbocycles. The minimum Gasteiger partial charge on any atom is -0.399 e. The maximum atomic E-state index is 12.4. The number of hydrogen-bond acceptors (Lipinski definition) is 4. The quantitative estimate of drug-likeness (QED) is 0.831. The zero-order valence-corrected chi connectivity index (χ0v) is 12.3. The number of carbonyl (C=O) groups is 1. The smallest absolute Gasteiger partial charge is 0.253 e. The second-order valence-electron chi connectivity index (χ2n) is 5.06. The maximum absolute atomic E-state index is 12.4. The van der Waals surface area contributed by atoms with E-state index in [-0.39, 0.29) is 11.9 Å². The molecule has 0 aliphatic carbocycles. The van der Waals surface area contributed by atoms with Crippen molar-refractivity contribution in [2.24, 2.45) is 0 Å². The molecule has 0 saturated carbocycles. The summed E-state index contributed by atoms with van der Waals surface area (Å²) >= 11 is 1.90. The molecule has 0 radical (unpaired) electrons. The van der Waals surface area contributed by atoms with Crippen LogP contribution in [0.1, 0.15) is 23.2 Å². The minimum atomic E-state index is -0.0245. The van der Waals surface area contributed by atoms with E-state index in [9.17, 15) is 4.79 Å². The zero-order chi connectivity index (χ0) is 13.8. The number of nitrogens with zero attached hydrogens (tertiary/aromatic N) is 1. The predicted molar refractivity (Wildman–Crippen MR) is 83.0 cm³/mol. The van der Waals surface area contributed by atoms with Crippen molar-refractivity contribution in [2.45, 2.75) is 18.9 Å². The maximum Gasteiger partial charge on any atom is 0.253 e. The number of carbonyl (C=O) groups excluding carboxylic acids is 1. The van der Waals surface area contributed by atoms with Crippen LogP contribution in [0, 0.1) is 0 Å². The summed E-state index contributed by atoms with van der Waals surface area (Å²) in [5.74, 6) is 2.18. The SMILES string of the molecule is CN(C)c1ccc(N)cc1C(=O)NC1CCCSC1.